The third-order valence-corrected chi connectivity index (χ3v) is 3.77. The number of pyridine rings is 1. The summed E-state index contributed by atoms with van der Waals surface area (Å²) in [5, 5.41) is 3.79. The summed E-state index contributed by atoms with van der Waals surface area (Å²) in [6, 6.07) is 3.53. The van der Waals surface area contributed by atoms with Crippen molar-refractivity contribution in [3.63, 3.8) is 0 Å². The molecule has 1 unspecified atom stereocenters. The summed E-state index contributed by atoms with van der Waals surface area (Å²) in [6.07, 6.45) is 2.77. The van der Waals surface area contributed by atoms with Gasteiger partial charge in [-0.25, -0.2) is 4.98 Å². The topological polar surface area (TPSA) is 59.0 Å². The van der Waals surface area contributed by atoms with E-state index in [4.69, 9.17) is 21.1 Å². The van der Waals surface area contributed by atoms with E-state index in [0.717, 1.165) is 32.1 Å². The van der Waals surface area contributed by atoms with E-state index in [9.17, 15) is 0 Å². The minimum atomic E-state index is 0.456. The average molecular weight is 327 g/mol. The van der Waals surface area contributed by atoms with Gasteiger partial charge in [0.15, 0.2) is 5.96 Å². The molecule has 1 aromatic heterocycles. The SMILES string of the molecule is CN=C(NCCOc1ncccc1Cl)N(C)CC1CCOC1. The standard InChI is InChI=1S/C15H23ClN4O2/c1-17-15(20(2)10-12-5-8-21-11-12)19-7-9-22-14-13(16)4-3-6-18-14/h3-4,6,12H,5,7-11H2,1-2H3,(H,17,19). The maximum Gasteiger partial charge on any atom is 0.232 e. The van der Waals surface area contributed by atoms with E-state index >= 15 is 0 Å². The fourth-order valence-electron chi connectivity index (χ4n) is 2.37. The van der Waals surface area contributed by atoms with Crippen LogP contribution in [-0.4, -0.2) is 62.8 Å². The number of aliphatic imine (C=N–C) groups is 1. The van der Waals surface area contributed by atoms with Crippen LogP contribution in [0.25, 0.3) is 0 Å². The first-order chi connectivity index (χ1) is 10.7. The van der Waals surface area contributed by atoms with Gasteiger partial charge in [0.2, 0.25) is 5.88 Å². The van der Waals surface area contributed by atoms with Crippen LogP contribution in [-0.2, 0) is 4.74 Å². The molecule has 22 heavy (non-hydrogen) atoms. The summed E-state index contributed by atoms with van der Waals surface area (Å²) in [6.45, 7) is 3.74. The second-order valence-electron chi connectivity index (χ2n) is 5.22. The molecule has 1 atom stereocenters. The number of hydrogen-bond donors (Lipinski definition) is 1. The Morgan fingerprint density at radius 1 is 1.64 bits per heavy atom. The average Bonchev–Trinajstić information content (AvgIpc) is 3.02. The lowest BCUT2D eigenvalue weighted by Gasteiger charge is -2.24. The summed E-state index contributed by atoms with van der Waals surface area (Å²) in [5.74, 6) is 1.88. The van der Waals surface area contributed by atoms with Gasteiger partial charge >= 0.3 is 0 Å². The molecule has 0 bridgehead atoms. The summed E-state index contributed by atoms with van der Waals surface area (Å²) in [4.78, 5) is 10.5. The Morgan fingerprint density at radius 2 is 2.50 bits per heavy atom. The molecule has 0 aliphatic carbocycles. The molecule has 1 aromatic rings. The minimum absolute atomic E-state index is 0.456. The predicted octanol–water partition coefficient (Wildman–Crippen LogP) is 1.66. The van der Waals surface area contributed by atoms with Crippen LogP contribution in [0.1, 0.15) is 6.42 Å². The van der Waals surface area contributed by atoms with E-state index < -0.39 is 0 Å². The van der Waals surface area contributed by atoms with Gasteiger partial charge in [0.1, 0.15) is 11.6 Å². The molecule has 1 fully saturated rings. The van der Waals surface area contributed by atoms with Gasteiger partial charge in [0.05, 0.1) is 13.2 Å². The van der Waals surface area contributed by atoms with Crippen LogP contribution in [0.5, 0.6) is 5.88 Å². The Morgan fingerprint density at radius 3 is 3.18 bits per heavy atom. The van der Waals surface area contributed by atoms with Gasteiger partial charge in [-0.05, 0) is 18.6 Å². The number of nitrogens with zero attached hydrogens (tertiary/aromatic N) is 3. The first-order valence-electron chi connectivity index (χ1n) is 7.43. The molecule has 0 radical (unpaired) electrons. The van der Waals surface area contributed by atoms with Crippen LogP contribution in [0, 0.1) is 5.92 Å². The Labute approximate surface area is 136 Å². The quantitative estimate of drug-likeness (QED) is 0.489. The Bertz CT molecular complexity index is 492. The number of rotatable bonds is 6. The number of nitrogens with one attached hydrogen (secondary N) is 1. The van der Waals surface area contributed by atoms with Crippen molar-refractivity contribution in [3.8, 4) is 5.88 Å². The highest BCUT2D eigenvalue weighted by Crippen LogP contribution is 2.19. The normalized spacial score (nSPS) is 18.3. The highest BCUT2D eigenvalue weighted by molar-refractivity contribution is 6.31. The smallest absolute Gasteiger partial charge is 0.232 e. The zero-order valence-corrected chi connectivity index (χ0v) is 13.8. The van der Waals surface area contributed by atoms with Crippen molar-refractivity contribution in [1.82, 2.24) is 15.2 Å². The van der Waals surface area contributed by atoms with Gasteiger partial charge < -0.3 is 19.7 Å². The van der Waals surface area contributed by atoms with Gasteiger partial charge in [-0.15, -0.1) is 0 Å². The zero-order valence-electron chi connectivity index (χ0n) is 13.1. The number of halogens is 1. The van der Waals surface area contributed by atoms with Gasteiger partial charge in [-0.3, -0.25) is 4.99 Å². The lowest BCUT2D eigenvalue weighted by Crippen LogP contribution is -2.42. The van der Waals surface area contributed by atoms with Gasteiger partial charge in [0.25, 0.3) is 0 Å². The molecule has 122 valence electrons. The lowest BCUT2D eigenvalue weighted by atomic mass is 10.1. The molecule has 7 heteroatoms. The Kier molecular flexibility index (Phi) is 6.74. The van der Waals surface area contributed by atoms with Crippen molar-refractivity contribution in [2.45, 2.75) is 6.42 Å². The fraction of sp³-hybridized carbons (Fsp3) is 0.600. The van der Waals surface area contributed by atoms with Crippen LogP contribution in [0.3, 0.4) is 0 Å². The minimum Gasteiger partial charge on any atom is -0.475 e. The molecule has 2 rings (SSSR count). The van der Waals surface area contributed by atoms with Crippen LogP contribution < -0.4 is 10.1 Å². The maximum absolute atomic E-state index is 5.99. The number of guanidine groups is 1. The molecule has 1 aliphatic heterocycles. The first kappa shape index (κ1) is 16.8. The van der Waals surface area contributed by atoms with Crippen molar-refractivity contribution in [2.24, 2.45) is 10.9 Å². The second kappa shape index (κ2) is 8.80. The van der Waals surface area contributed by atoms with Crippen molar-refractivity contribution >= 4 is 17.6 Å². The van der Waals surface area contributed by atoms with Crippen molar-refractivity contribution in [2.75, 3.05) is 47.0 Å². The van der Waals surface area contributed by atoms with Gasteiger partial charge in [-0.2, -0.15) is 0 Å². The zero-order chi connectivity index (χ0) is 15.8. The third-order valence-electron chi connectivity index (χ3n) is 3.48. The molecule has 0 aromatic carbocycles. The number of aromatic nitrogens is 1. The van der Waals surface area contributed by atoms with E-state index in [0.29, 0.717) is 30.0 Å². The molecular weight excluding hydrogens is 304 g/mol. The highest BCUT2D eigenvalue weighted by atomic mass is 35.5. The number of hydrogen-bond acceptors (Lipinski definition) is 4. The number of ether oxygens (including phenoxy) is 2. The summed E-state index contributed by atoms with van der Waals surface area (Å²) in [7, 11) is 3.81. The fourth-order valence-corrected chi connectivity index (χ4v) is 2.55. The Hall–Kier alpha value is -1.53. The van der Waals surface area contributed by atoms with E-state index in [1.54, 1.807) is 25.4 Å². The molecule has 1 saturated heterocycles. The molecule has 0 saturated carbocycles. The van der Waals surface area contributed by atoms with Crippen molar-refractivity contribution < 1.29 is 9.47 Å². The van der Waals surface area contributed by atoms with Gasteiger partial charge in [0, 0.05) is 39.4 Å². The molecule has 2 heterocycles. The lowest BCUT2D eigenvalue weighted by molar-refractivity contribution is 0.181. The van der Waals surface area contributed by atoms with Gasteiger partial charge in [-0.1, -0.05) is 11.6 Å². The predicted molar refractivity (Wildman–Crippen MR) is 87.7 cm³/mol. The summed E-state index contributed by atoms with van der Waals surface area (Å²) >= 11 is 5.99. The maximum atomic E-state index is 5.99. The molecule has 0 amide bonds. The van der Waals surface area contributed by atoms with Crippen LogP contribution in [0.4, 0.5) is 0 Å². The van der Waals surface area contributed by atoms with Crippen LogP contribution >= 0.6 is 11.6 Å². The van der Waals surface area contributed by atoms with E-state index in [2.05, 4.69) is 20.2 Å². The van der Waals surface area contributed by atoms with E-state index in [1.165, 1.54) is 0 Å². The largest absolute Gasteiger partial charge is 0.475 e. The second-order valence-corrected chi connectivity index (χ2v) is 5.63. The monoisotopic (exact) mass is 326 g/mol. The molecule has 6 nitrogen and oxygen atoms in total. The highest BCUT2D eigenvalue weighted by Gasteiger charge is 2.18. The first-order valence-corrected chi connectivity index (χ1v) is 7.81. The molecule has 1 aliphatic rings. The van der Waals surface area contributed by atoms with Crippen LogP contribution in [0.15, 0.2) is 23.3 Å². The molecule has 1 N–H and O–H groups in total. The Balaban J connectivity index is 1.70. The molecular formula is C15H23ClN4O2. The summed E-state index contributed by atoms with van der Waals surface area (Å²) in [5.41, 5.74) is 0. The van der Waals surface area contributed by atoms with Crippen molar-refractivity contribution in [1.29, 1.82) is 0 Å². The molecule has 0 spiro atoms. The van der Waals surface area contributed by atoms with E-state index in [-0.39, 0.29) is 0 Å². The van der Waals surface area contributed by atoms with Crippen LogP contribution in [0.2, 0.25) is 5.02 Å². The third kappa shape index (κ3) is 5.03. The van der Waals surface area contributed by atoms with Crippen molar-refractivity contribution in [3.05, 3.63) is 23.4 Å². The van der Waals surface area contributed by atoms with E-state index in [1.807, 2.05) is 7.05 Å². The summed E-state index contributed by atoms with van der Waals surface area (Å²) < 4.78 is 10.9.